The summed E-state index contributed by atoms with van der Waals surface area (Å²) in [6.45, 7) is 0. The van der Waals surface area contributed by atoms with Gasteiger partial charge in [-0.25, -0.2) is 0 Å². The smallest absolute Gasteiger partial charge is 0.273 e. The summed E-state index contributed by atoms with van der Waals surface area (Å²) in [4.78, 5) is 45.0. The summed E-state index contributed by atoms with van der Waals surface area (Å²) in [5, 5.41) is 41.2. The summed E-state index contributed by atoms with van der Waals surface area (Å²) in [7, 11) is 4.45. The van der Waals surface area contributed by atoms with E-state index in [1.807, 2.05) is 0 Å². The van der Waals surface area contributed by atoms with Crippen molar-refractivity contribution in [3.63, 3.8) is 0 Å². The van der Waals surface area contributed by atoms with Crippen molar-refractivity contribution in [2.24, 2.45) is 0 Å². The number of nitrogen functional groups attached to an aromatic ring is 3. The third-order valence-electron chi connectivity index (χ3n) is 7.36. The molecule has 0 aliphatic carbocycles. The Morgan fingerprint density at radius 2 is 0.984 bits per heavy atom. The molecule has 7 N–H and O–H groups in total. The van der Waals surface area contributed by atoms with Crippen LogP contribution in [-0.2, 0) is 0 Å². The normalized spacial score (nSPS) is 9.68. The molecule has 0 spiro atoms. The number of methoxy groups -OCH3 is 3. The number of hydrogen-bond acceptors (Lipinski definition) is 15. The van der Waals surface area contributed by atoms with Crippen LogP contribution in [0.25, 0.3) is 0 Å². The number of carbonyl (C=O) groups is 1. The quantitative estimate of drug-likeness (QED) is 0.0477. The van der Waals surface area contributed by atoms with E-state index in [0.29, 0.717) is 59.8 Å². The van der Waals surface area contributed by atoms with E-state index < -0.39 is 14.8 Å². The van der Waals surface area contributed by atoms with E-state index in [0.717, 1.165) is 6.07 Å². The van der Waals surface area contributed by atoms with Crippen molar-refractivity contribution in [1.29, 1.82) is 0 Å². The first-order valence-electron chi connectivity index (χ1n) is 16.7. The van der Waals surface area contributed by atoms with Crippen LogP contribution in [0, 0.1) is 30.3 Å². The number of nitro groups is 3. The predicted octanol–water partition coefficient (Wildman–Crippen LogP) is 10.5. The first-order chi connectivity index (χ1) is 29.2. The number of non-ortho nitro benzene ring substituents is 3. The lowest BCUT2D eigenvalue weighted by molar-refractivity contribution is -0.385. The largest absolute Gasteiger partial charge is 0.506 e. The molecule has 326 valence electrons. The monoisotopic (exact) mass is 951 g/mol. The Morgan fingerprint density at radius 3 is 1.45 bits per heavy atom. The Bertz CT molecular complexity index is 2460. The molecular formula is C39H34Cl5N7O11. The summed E-state index contributed by atoms with van der Waals surface area (Å²) in [6.07, 6.45) is 3.10. The molecule has 62 heavy (non-hydrogen) atoms. The minimum absolute atomic E-state index is 0.0312. The molecule has 0 amide bonds. The molecule has 0 atom stereocenters. The Kier molecular flexibility index (Phi) is 20.7. The van der Waals surface area contributed by atoms with E-state index in [2.05, 4.69) is 4.98 Å². The SMILES string of the molecule is COc1cc(N)c(C(=O)c2ccncc2)cc1Cl.COc1cc(N)ccc1Cl.COc1cc([N+](=O)[O-])ccc1Cl.Nc1cc([N+](=O)[O-])ccc1Cl.O=[N+]([O-])c1ccc(Cl)c(O)c1. The third kappa shape index (κ3) is 16.0. The highest BCUT2D eigenvalue weighted by Crippen LogP contribution is 2.32. The van der Waals surface area contributed by atoms with Gasteiger partial charge in [0, 0.05) is 71.3 Å². The Hall–Kier alpha value is -6.83. The van der Waals surface area contributed by atoms with Crippen LogP contribution in [0.2, 0.25) is 25.1 Å². The average Bonchev–Trinajstić information content (AvgIpc) is 3.25. The van der Waals surface area contributed by atoms with Gasteiger partial charge in [0.2, 0.25) is 0 Å². The second-order valence-corrected chi connectivity index (χ2v) is 13.5. The Morgan fingerprint density at radius 1 is 0.548 bits per heavy atom. The zero-order valence-corrected chi connectivity index (χ0v) is 36.1. The second kappa shape index (κ2) is 25.1. The molecule has 23 heteroatoms. The number of pyridine rings is 1. The van der Waals surface area contributed by atoms with Gasteiger partial charge in [-0.1, -0.05) is 58.0 Å². The van der Waals surface area contributed by atoms with Gasteiger partial charge in [0.15, 0.2) is 5.78 Å². The molecule has 0 unspecified atom stereocenters. The Balaban J connectivity index is 0.000000272. The fourth-order valence-corrected chi connectivity index (χ4v) is 5.14. The van der Waals surface area contributed by atoms with Gasteiger partial charge >= 0.3 is 0 Å². The van der Waals surface area contributed by atoms with Crippen LogP contribution < -0.4 is 31.4 Å². The zero-order valence-electron chi connectivity index (χ0n) is 32.3. The van der Waals surface area contributed by atoms with Crippen LogP contribution in [0.5, 0.6) is 23.0 Å². The maximum absolute atomic E-state index is 12.2. The number of aromatic nitrogens is 1. The van der Waals surface area contributed by atoms with E-state index in [1.165, 1.54) is 74.9 Å². The molecule has 0 radical (unpaired) electrons. The number of phenolic OH excluding ortho intramolecular Hbond substituents is 1. The van der Waals surface area contributed by atoms with E-state index in [9.17, 15) is 35.1 Å². The number of benzene rings is 5. The predicted molar refractivity (Wildman–Crippen MR) is 239 cm³/mol. The third-order valence-corrected chi connectivity index (χ3v) is 8.95. The number of rotatable bonds is 8. The van der Waals surface area contributed by atoms with Gasteiger partial charge in [-0.05, 0) is 48.5 Å². The van der Waals surface area contributed by atoms with Crippen molar-refractivity contribution in [1.82, 2.24) is 4.98 Å². The van der Waals surface area contributed by atoms with Gasteiger partial charge in [-0.15, -0.1) is 0 Å². The average molecular weight is 954 g/mol. The number of ether oxygens (including phenoxy) is 3. The molecule has 0 fully saturated rings. The summed E-state index contributed by atoms with van der Waals surface area (Å²) in [6, 6.07) is 22.9. The molecule has 0 aliphatic heterocycles. The van der Waals surface area contributed by atoms with Crippen LogP contribution in [0.1, 0.15) is 15.9 Å². The van der Waals surface area contributed by atoms with Gasteiger partial charge in [0.1, 0.15) is 23.0 Å². The van der Waals surface area contributed by atoms with Gasteiger partial charge in [0.05, 0.1) is 79.0 Å². The van der Waals surface area contributed by atoms with Crippen LogP contribution in [0.4, 0.5) is 34.1 Å². The Labute approximate surface area is 377 Å². The van der Waals surface area contributed by atoms with Crippen LogP contribution in [-0.4, -0.2) is 52.0 Å². The topological polar surface area (TPSA) is 285 Å². The molecule has 1 heterocycles. The van der Waals surface area contributed by atoms with Crippen LogP contribution in [0.3, 0.4) is 0 Å². The fourth-order valence-electron chi connectivity index (χ4n) is 4.28. The summed E-state index contributed by atoms with van der Waals surface area (Å²) < 4.78 is 14.7. The van der Waals surface area contributed by atoms with E-state index in [1.54, 1.807) is 49.8 Å². The number of nitrogens with zero attached hydrogens (tertiary/aromatic N) is 4. The van der Waals surface area contributed by atoms with Crippen molar-refractivity contribution in [3.05, 3.63) is 176 Å². The molecule has 5 aromatic carbocycles. The molecule has 0 aliphatic rings. The number of aromatic hydroxyl groups is 1. The molecule has 0 saturated heterocycles. The number of ketones is 1. The van der Waals surface area contributed by atoms with Crippen molar-refractivity contribution in [3.8, 4) is 23.0 Å². The number of nitro benzene ring substituents is 3. The van der Waals surface area contributed by atoms with Gasteiger partial charge in [0.25, 0.3) is 17.1 Å². The van der Waals surface area contributed by atoms with Crippen molar-refractivity contribution < 1.29 is 38.9 Å². The van der Waals surface area contributed by atoms with Gasteiger partial charge in [-0.3, -0.25) is 40.1 Å². The second-order valence-electron chi connectivity index (χ2n) is 11.5. The lowest BCUT2D eigenvalue weighted by Crippen LogP contribution is -2.06. The summed E-state index contributed by atoms with van der Waals surface area (Å²) in [5.74, 6) is 0.897. The molecule has 0 saturated carbocycles. The molecule has 18 nitrogen and oxygen atoms in total. The minimum atomic E-state index is -0.601. The first-order valence-corrected chi connectivity index (χ1v) is 18.6. The van der Waals surface area contributed by atoms with Gasteiger partial charge in [-0.2, -0.15) is 0 Å². The fraction of sp³-hybridized carbons (Fsp3) is 0.0769. The maximum atomic E-state index is 12.2. The molecular weight excluding hydrogens is 920 g/mol. The number of carbonyl (C=O) groups excluding carboxylic acids is 1. The molecule has 1 aromatic heterocycles. The van der Waals surface area contributed by atoms with Crippen molar-refractivity contribution in [2.75, 3.05) is 38.5 Å². The molecule has 6 rings (SSSR count). The minimum Gasteiger partial charge on any atom is -0.506 e. The van der Waals surface area contributed by atoms with Crippen molar-refractivity contribution in [2.45, 2.75) is 0 Å². The lowest BCUT2D eigenvalue weighted by atomic mass is 10.0. The first kappa shape index (κ1) is 51.3. The van der Waals surface area contributed by atoms with E-state index in [-0.39, 0.29) is 39.3 Å². The number of halogens is 5. The maximum Gasteiger partial charge on any atom is 0.273 e. The highest BCUT2D eigenvalue weighted by Gasteiger charge is 2.16. The highest BCUT2D eigenvalue weighted by atomic mass is 35.5. The van der Waals surface area contributed by atoms with Crippen LogP contribution in [0.15, 0.2) is 109 Å². The summed E-state index contributed by atoms with van der Waals surface area (Å²) in [5.41, 5.74) is 18.4. The standard InChI is InChI=1S/C13H11ClN2O2.C7H6ClNO3.C7H8ClNO.C6H5ClN2O2.C6H4ClNO3/c1-18-12-7-11(15)9(6-10(12)14)13(17)8-2-4-16-5-3-8;1-12-7-4-5(9(10)11)2-3-6(7)8;1-10-7-4-5(9)2-3-6(7)8;7-5-2-1-4(9(10)11)3-6(5)8;7-5-2-1-4(8(10)11)3-6(5)9/h2-7H,15H2,1H3;2-4H,1H3;2-4H,9H2,1H3;1-3H,8H2;1-3,9H. The lowest BCUT2D eigenvalue weighted by Gasteiger charge is -2.09. The highest BCUT2D eigenvalue weighted by molar-refractivity contribution is 6.34. The van der Waals surface area contributed by atoms with E-state index >= 15 is 0 Å². The van der Waals surface area contributed by atoms with Gasteiger partial charge < -0.3 is 36.5 Å². The number of anilines is 3. The molecule has 0 bridgehead atoms. The van der Waals surface area contributed by atoms with Crippen LogP contribution >= 0.6 is 58.0 Å². The molecule has 6 aromatic rings. The number of hydrogen-bond donors (Lipinski definition) is 4. The summed E-state index contributed by atoms with van der Waals surface area (Å²) >= 11 is 28.3. The van der Waals surface area contributed by atoms with E-state index in [4.69, 9.17) is 94.5 Å². The number of nitrogens with two attached hydrogens (primary N) is 3. The zero-order chi connectivity index (χ0) is 46.7. The van der Waals surface area contributed by atoms with Crippen molar-refractivity contribution >= 4 is 97.9 Å². The number of phenols is 1.